The largest absolute Gasteiger partial charge is 0.444 e. The molecule has 0 aliphatic rings. The van der Waals surface area contributed by atoms with E-state index in [9.17, 15) is 13.2 Å². The number of halogens is 3. The Morgan fingerprint density at radius 1 is 1.28 bits per heavy atom. The molecule has 7 heteroatoms. The maximum Gasteiger partial charge on any atom is 0.251 e. The lowest BCUT2D eigenvalue weighted by Crippen LogP contribution is -2.06. The Bertz CT molecular complexity index is 556. The van der Waals surface area contributed by atoms with Gasteiger partial charge in [0.25, 0.3) is 5.95 Å². The van der Waals surface area contributed by atoms with Gasteiger partial charge in [-0.2, -0.15) is 9.37 Å². The maximum atomic E-state index is 13.2. The van der Waals surface area contributed by atoms with Crippen LogP contribution in [0.5, 0.6) is 0 Å². The minimum absolute atomic E-state index is 0.0367. The Balaban J connectivity index is 2.08. The fourth-order valence-electron chi connectivity index (χ4n) is 1.32. The molecule has 1 N–H and O–H groups in total. The second-order valence-electron chi connectivity index (χ2n) is 3.52. The number of aryl methyl sites for hydroxylation is 1. The maximum absolute atomic E-state index is 13.2. The number of oxazole rings is 1. The minimum atomic E-state index is -1.36. The van der Waals surface area contributed by atoms with Gasteiger partial charge in [-0.05, 0) is 0 Å². The van der Waals surface area contributed by atoms with Gasteiger partial charge in [-0.1, -0.05) is 6.92 Å². The summed E-state index contributed by atoms with van der Waals surface area (Å²) in [5, 5.41) is 2.49. The van der Waals surface area contributed by atoms with Gasteiger partial charge < -0.3 is 9.73 Å². The van der Waals surface area contributed by atoms with Gasteiger partial charge in [0.2, 0.25) is 5.89 Å². The SMILES string of the molecule is CCc1cnc(CNc2nc(F)c(F)cc2F)o1. The van der Waals surface area contributed by atoms with Crippen LogP contribution in [0.2, 0.25) is 0 Å². The van der Waals surface area contributed by atoms with Crippen molar-refractivity contribution in [1.82, 2.24) is 9.97 Å². The summed E-state index contributed by atoms with van der Waals surface area (Å²) in [4.78, 5) is 7.04. The van der Waals surface area contributed by atoms with Crippen LogP contribution in [-0.4, -0.2) is 9.97 Å². The van der Waals surface area contributed by atoms with Gasteiger partial charge in [0, 0.05) is 12.5 Å². The number of aromatic nitrogens is 2. The predicted molar refractivity (Wildman–Crippen MR) is 57.3 cm³/mol. The normalized spacial score (nSPS) is 10.7. The lowest BCUT2D eigenvalue weighted by Gasteiger charge is -2.04. The summed E-state index contributed by atoms with van der Waals surface area (Å²) >= 11 is 0. The molecule has 2 heterocycles. The van der Waals surface area contributed by atoms with Crippen molar-refractivity contribution in [3.8, 4) is 0 Å². The van der Waals surface area contributed by atoms with Gasteiger partial charge in [-0.3, -0.25) is 0 Å². The Hall–Kier alpha value is -2.05. The van der Waals surface area contributed by atoms with E-state index in [0.29, 0.717) is 24.1 Å². The second kappa shape index (κ2) is 5.07. The summed E-state index contributed by atoms with van der Waals surface area (Å²) in [5.74, 6) is -3.05. The van der Waals surface area contributed by atoms with Gasteiger partial charge in [-0.25, -0.2) is 13.8 Å². The fraction of sp³-hybridized carbons (Fsp3) is 0.273. The molecule has 0 amide bonds. The summed E-state index contributed by atoms with van der Waals surface area (Å²) in [6.07, 6.45) is 2.23. The molecule has 0 radical (unpaired) electrons. The third-order valence-electron chi connectivity index (χ3n) is 2.24. The van der Waals surface area contributed by atoms with Crippen molar-refractivity contribution in [2.45, 2.75) is 19.9 Å². The zero-order valence-corrected chi connectivity index (χ0v) is 9.51. The van der Waals surface area contributed by atoms with Crippen LogP contribution >= 0.6 is 0 Å². The lowest BCUT2D eigenvalue weighted by atomic mass is 10.4. The van der Waals surface area contributed by atoms with Crippen molar-refractivity contribution < 1.29 is 17.6 Å². The van der Waals surface area contributed by atoms with Gasteiger partial charge in [0.05, 0.1) is 12.7 Å². The summed E-state index contributed by atoms with van der Waals surface area (Å²) in [7, 11) is 0. The molecule has 18 heavy (non-hydrogen) atoms. The molecular weight excluding hydrogens is 247 g/mol. The van der Waals surface area contributed by atoms with Gasteiger partial charge in [0.15, 0.2) is 17.5 Å². The Kier molecular flexibility index (Phi) is 3.50. The van der Waals surface area contributed by atoms with E-state index >= 15 is 0 Å². The van der Waals surface area contributed by atoms with Crippen molar-refractivity contribution >= 4 is 5.82 Å². The number of nitrogens with one attached hydrogen (secondary N) is 1. The molecule has 0 unspecified atom stereocenters. The highest BCUT2D eigenvalue weighted by atomic mass is 19.2. The molecule has 0 aliphatic carbocycles. The zero-order valence-electron chi connectivity index (χ0n) is 9.51. The second-order valence-corrected chi connectivity index (χ2v) is 3.52. The van der Waals surface area contributed by atoms with Crippen LogP contribution in [-0.2, 0) is 13.0 Å². The van der Waals surface area contributed by atoms with Crippen LogP contribution in [0.15, 0.2) is 16.7 Å². The molecule has 0 saturated heterocycles. The van der Waals surface area contributed by atoms with E-state index in [4.69, 9.17) is 4.42 Å². The van der Waals surface area contributed by atoms with Crippen molar-refractivity contribution in [2.75, 3.05) is 5.32 Å². The van der Waals surface area contributed by atoms with Crippen molar-refractivity contribution in [2.24, 2.45) is 0 Å². The first-order chi connectivity index (χ1) is 8.60. The van der Waals surface area contributed by atoms with Gasteiger partial charge in [-0.15, -0.1) is 0 Å². The molecule has 4 nitrogen and oxygen atoms in total. The van der Waals surface area contributed by atoms with E-state index in [0.717, 1.165) is 0 Å². The van der Waals surface area contributed by atoms with Crippen molar-refractivity contribution in [3.05, 3.63) is 41.5 Å². The smallest absolute Gasteiger partial charge is 0.251 e. The molecule has 0 aromatic carbocycles. The molecule has 0 aliphatic heterocycles. The highest BCUT2D eigenvalue weighted by molar-refractivity contribution is 5.36. The van der Waals surface area contributed by atoms with Crippen LogP contribution in [0.25, 0.3) is 0 Å². The molecule has 2 rings (SSSR count). The van der Waals surface area contributed by atoms with Crippen LogP contribution in [0.4, 0.5) is 19.0 Å². The van der Waals surface area contributed by atoms with Crippen LogP contribution in [0, 0.1) is 17.6 Å². The lowest BCUT2D eigenvalue weighted by molar-refractivity contribution is 0.458. The van der Waals surface area contributed by atoms with E-state index in [1.54, 1.807) is 6.20 Å². The quantitative estimate of drug-likeness (QED) is 0.855. The Labute approximate surface area is 101 Å². The van der Waals surface area contributed by atoms with E-state index in [2.05, 4.69) is 15.3 Å². The van der Waals surface area contributed by atoms with Gasteiger partial charge in [0.1, 0.15) is 5.76 Å². The summed E-state index contributed by atoms with van der Waals surface area (Å²) < 4.78 is 43.9. The molecule has 0 bridgehead atoms. The minimum Gasteiger partial charge on any atom is -0.444 e. The number of nitrogens with zero attached hydrogens (tertiary/aromatic N) is 2. The molecule has 2 aromatic heterocycles. The number of rotatable bonds is 4. The summed E-state index contributed by atoms with van der Waals surface area (Å²) in [6, 6.07) is 0.428. The Morgan fingerprint density at radius 2 is 2.06 bits per heavy atom. The molecule has 0 fully saturated rings. The average molecular weight is 257 g/mol. The monoisotopic (exact) mass is 257 g/mol. The fourth-order valence-corrected chi connectivity index (χ4v) is 1.32. The van der Waals surface area contributed by atoms with Crippen LogP contribution in [0.3, 0.4) is 0 Å². The highest BCUT2D eigenvalue weighted by Gasteiger charge is 2.12. The average Bonchev–Trinajstić information content (AvgIpc) is 2.80. The number of anilines is 1. The zero-order chi connectivity index (χ0) is 13.1. The standard InChI is InChI=1S/C11H10F3N3O/c1-2-6-4-15-9(18-6)5-16-11-8(13)3-7(12)10(14)17-11/h3-4H,2,5H2,1H3,(H,16,17). The molecule has 0 spiro atoms. The molecule has 0 saturated carbocycles. The molecule has 2 aromatic rings. The van der Waals surface area contributed by atoms with Crippen LogP contribution < -0.4 is 5.32 Å². The molecule has 96 valence electrons. The first-order valence-corrected chi connectivity index (χ1v) is 5.29. The number of hydrogen-bond donors (Lipinski definition) is 1. The van der Waals surface area contributed by atoms with E-state index < -0.39 is 17.6 Å². The molecule has 0 atom stereocenters. The van der Waals surface area contributed by atoms with E-state index in [-0.39, 0.29) is 12.4 Å². The number of hydrogen-bond acceptors (Lipinski definition) is 4. The topological polar surface area (TPSA) is 51.0 Å². The highest BCUT2D eigenvalue weighted by Crippen LogP contribution is 2.15. The van der Waals surface area contributed by atoms with E-state index in [1.807, 2.05) is 6.92 Å². The van der Waals surface area contributed by atoms with Crippen molar-refractivity contribution in [3.63, 3.8) is 0 Å². The van der Waals surface area contributed by atoms with E-state index in [1.165, 1.54) is 0 Å². The summed E-state index contributed by atoms with van der Waals surface area (Å²) in [5.41, 5.74) is 0. The van der Waals surface area contributed by atoms with Crippen molar-refractivity contribution in [1.29, 1.82) is 0 Å². The summed E-state index contributed by atoms with van der Waals surface area (Å²) in [6.45, 7) is 1.93. The number of pyridine rings is 1. The predicted octanol–water partition coefficient (Wildman–Crippen LogP) is 2.66. The third-order valence-corrected chi connectivity index (χ3v) is 2.24. The first-order valence-electron chi connectivity index (χ1n) is 5.29. The van der Waals surface area contributed by atoms with Crippen LogP contribution in [0.1, 0.15) is 18.6 Å². The Morgan fingerprint density at radius 3 is 2.72 bits per heavy atom. The first kappa shape index (κ1) is 12.4. The van der Waals surface area contributed by atoms with Gasteiger partial charge >= 0.3 is 0 Å². The molecular formula is C11H10F3N3O. The third kappa shape index (κ3) is 2.61.